The van der Waals surface area contributed by atoms with Gasteiger partial charge in [0.25, 0.3) is 0 Å². The highest BCUT2D eigenvalue weighted by Gasteiger charge is 2.26. The molecule has 5 nitrogen and oxygen atoms in total. The van der Waals surface area contributed by atoms with Gasteiger partial charge in [0.1, 0.15) is 6.33 Å². The van der Waals surface area contributed by atoms with Crippen molar-refractivity contribution in [2.75, 3.05) is 0 Å². The zero-order valence-electron chi connectivity index (χ0n) is 13.5. The number of nitrogens with two attached hydrogens (primary N) is 1. The molecule has 1 aliphatic heterocycles. The molecule has 6 heteroatoms. The minimum atomic E-state index is 0.0380. The van der Waals surface area contributed by atoms with Crippen molar-refractivity contribution >= 4 is 16.9 Å². The molecule has 3 heterocycles. The van der Waals surface area contributed by atoms with E-state index in [9.17, 15) is 0 Å². The van der Waals surface area contributed by atoms with Gasteiger partial charge in [-0.2, -0.15) is 0 Å². The van der Waals surface area contributed by atoms with Gasteiger partial charge in [-0.05, 0) is 35.2 Å². The Labute approximate surface area is 150 Å². The summed E-state index contributed by atoms with van der Waals surface area (Å²) in [5.74, 6) is 0. The van der Waals surface area contributed by atoms with Gasteiger partial charge in [0.2, 0.25) is 0 Å². The number of hydrogen-bond acceptors (Lipinski definition) is 6. The highest BCUT2D eigenvalue weighted by Crippen LogP contribution is 2.42. The van der Waals surface area contributed by atoms with Crippen LogP contribution in [0.4, 0.5) is 0 Å². The van der Waals surface area contributed by atoms with Crippen LogP contribution in [0.25, 0.3) is 11.1 Å². The van der Waals surface area contributed by atoms with Gasteiger partial charge in [-0.3, -0.25) is 9.98 Å². The molecule has 0 aliphatic carbocycles. The van der Waals surface area contributed by atoms with Crippen molar-refractivity contribution < 1.29 is 0 Å². The zero-order valence-corrected chi connectivity index (χ0v) is 14.3. The van der Waals surface area contributed by atoms with Crippen LogP contribution in [-0.2, 0) is 0 Å². The van der Waals surface area contributed by atoms with Crippen molar-refractivity contribution in [1.29, 1.82) is 0 Å². The number of aliphatic imine (C=N–C) groups is 1. The Bertz CT molecular complexity index is 883. The van der Waals surface area contributed by atoms with E-state index in [-0.39, 0.29) is 11.3 Å². The van der Waals surface area contributed by atoms with Gasteiger partial charge in [-0.1, -0.05) is 36.0 Å². The molecule has 1 aliphatic rings. The van der Waals surface area contributed by atoms with Crippen molar-refractivity contribution in [3.05, 3.63) is 78.6 Å². The summed E-state index contributed by atoms with van der Waals surface area (Å²) in [4.78, 5) is 17.1. The van der Waals surface area contributed by atoms with E-state index in [4.69, 9.17) is 5.73 Å². The molecule has 0 fully saturated rings. The normalized spacial score (nSPS) is 20.1. The number of amidine groups is 1. The summed E-state index contributed by atoms with van der Waals surface area (Å²) in [5.41, 5.74) is 10.5. The molecule has 2 aromatic heterocycles. The van der Waals surface area contributed by atoms with E-state index in [1.165, 1.54) is 11.9 Å². The van der Waals surface area contributed by atoms with Gasteiger partial charge >= 0.3 is 0 Å². The Morgan fingerprint density at radius 3 is 2.56 bits per heavy atom. The van der Waals surface area contributed by atoms with Crippen LogP contribution in [0.2, 0.25) is 0 Å². The van der Waals surface area contributed by atoms with Gasteiger partial charge in [-0.15, -0.1) is 0 Å². The highest BCUT2D eigenvalue weighted by atomic mass is 32.2. The van der Waals surface area contributed by atoms with Crippen LogP contribution in [0.5, 0.6) is 0 Å². The number of aromatic nitrogens is 3. The Kier molecular flexibility index (Phi) is 4.43. The van der Waals surface area contributed by atoms with Crippen LogP contribution in [0, 0.1) is 0 Å². The smallest absolute Gasteiger partial charge is 0.155 e. The van der Waals surface area contributed by atoms with Crippen molar-refractivity contribution in [2.45, 2.75) is 17.7 Å². The summed E-state index contributed by atoms with van der Waals surface area (Å²) in [7, 11) is 0. The third-order valence-corrected chi connectivity index (χ3v) is 5.30. The molecule has 0 saturated heterocycles. The second kappa shape index (κ2) is 7.03. The standard InChI is InChI=1S/C19H17N5S/c20-19-24-17(8-18(25-19)15-5-2-6-21-9-15)14-4-1-3-13(7-14)16-10-22-12-23-11-16/h1-7,9-12,17-18H,8H2,(H2,20,24)/t17-,18-/m0/s1. The molecule has 4 rings (SSSR count). The van der Waals surface area contributed by atoms with Crippen LogP contribution >= 0.6 is 11.8 Å². The van der Waals surface area contributed by atoms with Gasteiger partial charge in [-0.25, -0.2) is 9.97 Å². The van der Waals surface area contributed by atoms with Crippen LogP contribution in [0.3, 0.4) is 0 Å². The molecule has 124 valence electrons. The summed E-state index contributed by atoms with van der Waals surface area (Å²) in [6.45, 7) is 0. The van der Waals surface area contributed by atoms with Gasteiger partial charge in [0.15, 0.2) is 5.17 Å². The molecule has 2 atom stereocenters. The predicted molar refractivity (Wildman–Crippen MR) is 101 cm³/mol. The molecule has 0 radical (unpaired) electrons. The average Bonchev–Trinajstić information content (AvgIpc) is 2.69. The Morgan fingerprint density at radius 1 is 0.920 bits per heavy atom. The fraction of sp³-hybridized carbons (Fsp3) is 0.158. The maximum atomic E-state index is 6.11. The lowest BCUT2D eigenvalue weighted by Crippen LogP contribution is -2.18. The number of benzene rings is 1. The molecule has 0 spiro atoms. The Morgan fingerprint density at radius 2 is 1.76 bits per heavy atom. The second-order valence-electron chi connectivity index (χ2n) is 5.86. The summed E-state index contributed by atoms with van der Waals surface area (Å²) in [6, 6.07) is 12.5. The number of hydrogen-bond donors (Lipinski definition) is 1. The van der Waals surface area contributed by atoms with E-state index in [1.807, 2.05) is 30.7 Å². The highest BCUT2D eigenvalue weighted by molar-refractivity contribution is 8.14. The monoisotopic (exact) mass is 347 g/mol. The summed E-state index contributed by atoms with van der Waals surface area (Å²) >= 11 is 1.61. The maximum absolute atomic E-state index is 6.11. The molecule has 2 N–H and O–H groups in total. The molecular formula is C19H17N5S. The van der Waals surface area contributed by atoms with E-state index >= 15 is 0 Å². The van der Waals surface area contributed by atoms with Gasteiger partial charge in [0, 0.05) is 35.6 Å². The second-order valence-corrected chi connectivity index (χ2v) is 7.09. The first kappa shape index (κ1) is 15.8. The SMILES string of the molecule is NC1=N[C@H](c2cccc(-c3cncnc3)c2)C[C@@H](c2cccnc2)S1. The molecule has 0 saturated carbocycles. The van der Waals surface area contributed by atoms with Crippen molar-refractivity contribution in [1.82, 2.24) is 15.0 Å². The van der Waals surface area contributed by atoms with E-state index in [0.717, 1.165) is 23.1 Å². The summed E-state index contributed by atoms with van der Waals surface area (Å²) in [5, 5.41) is 0.887. The first-order valence-corrected chi connectivity index (χ1v) is 8.93. The lowest BCUT2D eigenvalue weighted by atomic mass is 9.96. The van der Waals surface area contributed by atoms with Crippen LogP contribution in [0.1, 0.15) is 28.8 Å². The fourth-order valence-electron chi connectivity index (χ4n) is 2.99. The minimum Gasteiger partial charge on any atom is -0.379 e. The van der Waals surface area contributed by atoms with Gasteiger partial charge < -0.3 is 5.73 Å². The number of pyridine rings is 1. The average molecular weight is 347 g/mol. The van der Waals surface area contributed by atoms with Crippen molar-refractivity contribution in [3.63, 3.8) is 0 Å². The zero-order chi connectivity index (χ0) is 17.1. The predicted octanol–water partition coefficient (Wildman–Crippen LogP) is 3.77. The van der Waals surface area contributed by atoms with Gasteiger partial charge in [0.05, 0.1) is 6.04 Å². The van der Waals surface area contributed by atoms with Crippen LogP contribution in [-0.4, -0.2) is 20.1 Å². The lowest BCUT2D eigenvalue weighted by molar-refractivity contribution is 0.638. The molecule has 0 unspecified atom stereocenters. The Balaban J connectivity index is 1.64. The first-order chi connectivity index (χ1) is 12.3. The summed E-state index contributed by atoms with van der Waals surface area (Å²) < 4.78 is 0. The number of nitrogens with zero attached hydrogens (tertiary/aromatic N) is 4. The number of thioether (sulfide) groups is 1. The molecule has 25 heavy (non-hydrogen) atoms. The van der Waals surface area contributed by atoms with Crippen LogP contribution in [0.15, 0.2) is 72.5 Å². The van der Waals surface area contributed by atoms with E-state index in [2.05, 4.69) is 44.2 Å². The first-order valence-electron chi connectivity index (χ1n) is 8.05. The van der Waals surface area contributed by atoms with Crippen LogP contribution < -0.4 is 5.73 Å². The molecule has 1 aromatic carbocycles. The molecule has 0 bridgehead atoms. The van der Waals surface area contributed by atoms with Crippen molar-refractivity contribution in [2.24, 2.45) is 10.7 Å². The third-order valence-electron chi connectivity index (χ3n) is 4.20. The molecule has 0 amide bonds. The molecular weight excluding hydrogens is 330 g/mol. The fourth-order valence-corrected chi connectivity index (χ4v) is 4.02. The van der Waals surface area contributed by atoms with Crippen molar-refractivity contribution in [3.8, 4) is 11.1 Å². The summed E-state index contributed by atoms with van der Waals surface area (Å²) in [6.07, 6.45) is 9.77. The van der Waals surface area contributed by atoms with E-state index in [1.54, 1.807) is 18.0 Å². The Hall–Kier alpha value is -2.73. The largest absolute Gasteiger partial charge is 0.379 e. The molecule has 3 aromatic rings. The lowest BCUT2D eigenvalue weighted by Gasteiger charge is -2.26. The minimum absolute atomic E-state index is 0.0380. The maximum Gasteiger partial charge on any atom is 0.155 e. The van der Waals surface area contributed by atoms with E-state index in [0.29, 0.717) is 5.17 Å². The van der Waals surface area contributed by atoms with E-state index < -0.39 is 0 Å². The quantitative estimate of drug-likeness (QED) is 0.780. The number of rotatable bonds is 3. The topological polar surface area (TPSA) is 77.0 Å². The third kappa shape index (κ3) is 3.53.